The molecule has 0 saturated heterocycles. The van der Waals surface area contributed by atoms with Gasteiger partial charge in [0, 0.05) is 0 Å². The molecule has 0 aliphatic carbocycles. The zero-order valence-electron chi connectivity index (χ0n) is 1.80. The van der Waals surface area contributed by atoms with Crippen molar-refractivity contribution in [1.29, 1.82) is 0 Å². The van der Waals surface area contributed by atoms with Crippen LogP contribution in [0.2, 0.25) is 0 Å². The largest absolute Gasteiger partial charge is 0.447 e. The van der Waals surface area contributed by atoms with Crippen molar-refractivity contribution < 1.29 is 4.21 Å². The summed E-state index contributed by atoms with van der Waals surface area (Å²) in [7, 11) is 0.833. The predicted octanol–water partition coefficient (Wildman–Crippen LogP) is 0.202. The second-order valence-electron chi connectivity index (χ2n) is 0.260. The minimum Gasteiger partial charge on any atom is -0.447 e. The van der Waals surface area contributed by atoms with Gasteiger partial charge in [-0.05, 0) is 0 Å². The molecule has 4 heteroatoms. The molecule has 4 heavy (non-hydrogen) atoms. The molecular weight excluding hydrogens is 111 g/mol. The highest BCUT2D eigenvalue weighted by Gasteiger charge is 1.19. The van der Waals surface area contributed by atoms with Crippen LogP contribution in [0.5, 0.6) is 0 Å². The third-order valence-electron chi connectivity index (χ3n) is 0. The Hall–Kier alpha value is 0.800. The Morgan fingerprint density at radius 3 is 2.00 bits per heavy atom. The van der Waals surface area contributed by atoms with Crippen LogP contribution >= 0.6 is 8.44 Å². The van der Waals surface area contributed by atoms with Gasteiger partial charge in [0.15, 0.2) is 0 Å². The molecule has 0 aromatic rings. The van der Waals surface area contributed by atoms with Crippen molar-refractivity contribution in [2.24, 2.45) is 0 Å². The summed E-state index contributed by atoms with van der Waals surface area (Å²) in [5.41, 5.74) is 0. The fourth-order valence-electron chi connectivity index (χ4n) is 0. The van der Waals surface area contributed by atoms with Crippen molar-refractivity contribution in [2.45, 2.75) is 0 Å². The number of hydrogen-bond donors (Lipinski definition) is 0. The minimum atomic E-state index is -1.11. The molecule has 26 valence electrons. The molecular formula is H2OPS2-. The van der Waals surface area contributed by atoms with Gasteiger partial charge >= 0.3 is 0 Å². The summed E-state index contributed by atoms with van der Waals surface area (Å²) in [5.74, 6) is 0. The van der Waals surface area contributed by atoms with Crippen LogP contribution in [-0.4, -0.2) is 0 Å². The SMILES string of the molecule is O=[S-](P)=S. The number of hydrogen-bond acceptors (Lipinski definition) is 3. The van der Waals surface area contributed by atoms with Gasteiger partial charge in [-0.1, -0.05) is 0 Å². The molecule has 1 unspecified atom stereocenters. The molecule has 0 aliphatic rings. The quantitative estimate of drug-likeness (QED) is 0.330. The van der Waals surface area contributed by atoms with Gasteiger partial charge in [-0.15, -0.1) is 0 Å². The van der Waals surface area contributed by atoms with Gasteiger partial charge in [-0.2, -0.15) is 17.4 Å². The Morgan fingerprint density at radius 1 is 2.00 bits per heavy atom. The molecule has 0 rings (SSSR count). The van der Waals surface area contributed by atoms with Crippen molar-refractivity contribution in [2.75, 3.05) is 0 Å². The average molecular weight is 113 g/mol. The van der Waals surface area contributed by atoms with E-state index in [1.54, 1.807) is 0 Å². The molecule has 0 aliphatic heterocycles. The van der Waals surface area contributed by atoms with E-state index >= 15 is 0 Å². The first kappa shape index (κ1) is 4.80. The maximum atomic E-state index is 9.33. The van der Waals surface area contributed by atoms with Crippen LogP contribution in [0.4, 0.5) is 0 Å². The van der Waals surface area contributed by atoms with E-state index in [0.717, 1.165) is 0 Å². The zero-order valence-corrected chi connectivity index (χ0v) is 4.59. The molecule has 0 fully saturated rings. The predicted molar refractivity (Wildman–Crippen MR) is 25.1 cm³/mol. The molecule has 0 amide bonds. The normalized spacial score (nSPS) is 8.50. The first-order valence-electron chi connectivity index (χ1n) is 0.569. The van der Waals surface area contributed by atoms with Crippen molar-refractivity contribution in [3.8, 4) is 0 Å². The summed E-state index contributed by atoms with van der Waals surface area (Å²) in [6, 6.07) is 0. The Morgan fingerprint density at radius 2 is 2.00 bits per heavy atom. The third-order valence-corrected chi connectivity index (χ3v) is 0. The van der Waals surface area contributed by atoms with E-state index in [9.17, 15) is 4.21 Å². The Kier molecular flexibility index (Phi) is 2.48. The molecule has 0 bridgehead atoms. The highest BCUT2D eigenvalue weighted by atomic mass is 33.1. The van der Waals surface area contributed by atoms with Crippen LogP contribution < -0.4 is 0 Å². The van der Waals surface area contributed by atoms with E-state index in [1.807, 2.05) is 8.44 Å². The second-order valence-corrected chi connectivity index (χ2v) is 4.08. The van der Waals surface area contributed by atoms with Crippen LogP contribution in [0.15, 0.2) is 0 Å². The summed E-state index contributed by atoms with van der Waals surface area (Å²) in [5, 5.41) is 0. The molecule has 0 aromatic heterocycles. The van der Waals surface area contributed by atoms with E-state index in [1.165, 1.54) is 0 Å². The summed E-state index contributed by atoms with van der Waals surface area (Å²) in [6.07, 6.45) is 0. The lowest BCUT2D eigenvalue weighted by molar-refractivity contribution is 0.610. The van der Waals surface area contributed by atoms with Gasteiger partial charge in [-0.3, -0.25) is 0 Å². The highest BCUT2D eigenvalue weighted by molar-refractivity contribution is 8.50. The smallest absolute Gasteiger partial charge is 0.192 e. The molecule has 0 N–H and O–H groups in total. The van der Waals surface area contributed by atoms with Crippen LogP contribution in [0.1, 0.15) is 0 Å². The molecule has 0 saturated carbocycles. The lowest BCUT2D eigenvalue weighted by Crippen LogP contribution is -1.29. The van der Waals surface area contributed by atoms with Crippen molar-refractivity contribution in [3.05, 3.63) is 0 Å². The fraction of sp³-hybridized carbons (Fsp3) is 0. The van der Waals surface area contributed by atoms with E-state index in [4.69, 9.17) is 0 Å². The van der Waals surface area contributed by atoms with Crippen LogP contribution in [0.3, 0.4) is 0 Å². The zero-order chi connectivity index (χ0) is 3.58. The van der Waals surface area contributed by atoms with Crippen LogP contribution in [0.25, 0.3) is 0 Å². The van der Waals surface area contributed by atoms with Crippen LogP contribution in [-0.2, 0) is 24.4 Å². The standard InChI is InChI=1S/H2OPS2/c1-4(2)3/h2H2/q-1. The first-order valence-corrected chi connectivity index (χ1v) is 4.12. The van der Waals surface area contributed by atoms with E-state index in [-0.39, 0.29) is 0 Å². The van der Waals surface area contributed by atoms with Gasteiger partial charge in [0.2, 0.25) is 0 Å². The summed E-state index contributed by atoms with van der Waals surface area (Å²) in [4.78, 5) is 0. The monoisotopic (exact) mass is 113 g/mol. The maximum Gasteiger partial charge on any atom is -0.192 e. The highest BCUT2D eigenvalue weighted by Crippen LogP contribution is 1.72. The maximum absolute atomic E-state index is 9.33. The van der Waals surface area contributed by atoms with Crippen LogP contribution in [0, 0.1) is 0 Å². The van der Waals surface area contributed by atoms with Crippen molar-refractivity contribution >= 4 is 28.6 Å². The third kappa shape index (κ3) is 14.2. The molecule has 0 spiro atoms. The average Bonchev–Trinajstić information content (AvgIpc) is 0.811. The molecule has 0 heterocycles. The molecule has 0 aromatic carbocycles. The molecule has 0 radical (unpaired) electrons. The summed E-state index contributed by atoms with van der Waals surface area (Å²) in [6.45, 7) is 0. The van der Waals surface area contributed by atoms with E-state index in [2.05, 4.69) is 11.2 Å². The van der Waals surface area contributed by atoms with E-state index in [0.29, 0.717) is 0 Å². The Bertz CT molecular complexity index is 54.4. The van der Waals surface area contributed by atoms with Gasteiger partial charge in [0.1, 0.15) is 0 Å². The second kappa shape index (κ2) is 2.06. The van der Waals surface area contributed by atoms with Gasteiger partial charge in [-0.25, -0.2) is 11.2 Å². The lowest BCUT2D eigenvalue weighted by atomic mass is 16.0. The van der Waals surface area contributed by atoms with Gasteiger partial charge < -0.3 is 4.21 Å². The van der Waals surface area contributed by atoms with E-state index < -0.39 is 8.98 Å². The van der Waals surface area contributed by atoms with Crippen molar-refractivity contribution in [1.82, 2.24) is 0 Å². The lowest BCUT2D eigenvalue weighted by Gasteiger charge is -1.65. The molecule has 1 nitrogen and oxygen atoms in total. The van der Waals surface area contributed by atoms with Gasteiger partial charge in [0.05, 0.1) is 0 Å². The fourth-order valence-corrected chi connectivity index (χ4v) is 0. The van der Waals surface area contributed by atoms with Crippen molar-refractivity contribution in [3.63, 3.8) is 0 Å². The minimum absolute atomic E-state index is 1.11. The molecule has 1 atom stereocenters. The summed E-state index contributed by atoms with van der Waals surface area (Å²) < 4.78 is 9.33. The Balaban J connectivity index is 3.51. The summed E-state index contributed by atoms with van der Waals surface area (Å²) >= 11 is 4.06. The first-order chi connectivity index (χ1) is 1.73. The van der Waals surface area contributed by atoms with Gasteiger partial charge in [0.25, 0.3) is 0 Å². The topological polar surface area (TPSA) is 17.1 Å². The number of rotatable bonds is 0. The Labute approximate surface area is 33.4 Å².